The summed E-state index contributed by atoms with van der Waals surface area (Å²) in [6.45, 7) is 13.6. The number of rotatable bonds is 8. The maximum absolute atomic E-state index is 5.62. The van der Waals surface area contributed by atoms with Crippen LogP contribution in [0, 0.1) is 19.8 Å². The van der Waals surface area contributed by atoms with Gasteiger partial charge in [0.25, 0.3) is 0 Å². The summed E-state index contributed by atoms with van der Waals surface area (Å²) in [4.78, 5) is 16.3. The van der Waals surface area contributed by atoms with Crippen LogP contribution in [0.3, 0.4) is 0 Å². The van der Waals surface area contributed by atoms with Gasteiger partial charge in [0.05, 0.1) is 16.4 Å². The largest absolute Gasteiger partial charge is 0.444 e. The van der Waals surface area contributed by atoms with E-state index < -0.39 is 0 Å². The number of piperidine rings is 1. The number of nitrogens with one attached hydrogen (secondary N) is 2. The third-order valence-corrected chi connectivity index (χ3v) is 6.38. The van der Waals surface area contributed by atoms with Crippen molar-refractivity contribution in [1.82, 2.24) is 25.5 Å². The van der Waals surface area contributed by atoms with Crippen LogP contribution in [0.2, 0.25) is 0 Å². The lowest BCUT2D eigenvalue weighted by Gasteiger charge is -2.31. The second-order valence-corrected chi connectivity index (χ2v) is 8.57. The van der Waals surface area contributed by atoms with Gasteiger partial charge < -0.3 is 15.1 Å². The Labute approximate surface area is 178 Å². The van der Waals surface area contributed by atoms with Gasteiger partial charge in [-0.2, -0.15) is 0 Å². The van der Waals surface area contributed by atoms with Gasteiger partial charge in [-0.15, -0.1) is 11.3 Å². The molecule has 160 valence electrons. The highest BCUT2D eigenvalue weighted by Gasteiger charge is 2.20. The SMILES string of the molecule is CCNC(=NCc1nc(C)c(C)o1)NCC1CCN(Cc2csc(CC)n2)CC1. The lowest BCUT2D eigenvalue weighted by Crippen LogP contribution is -2.42. The summed E-state index contributed by atoms with van der Waals surface area (Å²) in [6, 6.07) is 0. The molecule has 3 heterocycles. The van der Waals surface area contributed by atoms with Gasteiger partial charge >= 0.3 is 0 Å². The Morgan fingerprint density at radius 1 is 1.24 bits per heavy atom. The normalized spacial score (nSPS) is 16.3. The summed E-state index contributed by atoms with van der Waals surface area (Å²) in [5.41, 5.74) is 2.16. The van der Waals surface area contributed by atoms with Gasteiger partial charge in [-0.3, -0.25) is 4.90 Å². The number of guanidine groups is 1. The second-order valence-electron chi connectivity index (χ2n) is 7.63. The Kier molecular flexibility index (Phi) is 8.06. The van der Waals surface area contributed by atoms with Crippen LogP contribution in [0.4, 0.5) is 0 Å². The van der Waals surface area contributed by atoms with Gasteiger partial charge in [-0.05, 0) is 59.0 Å². The van der Waals surface area contributed by atoms with Gasteiger partial charge in [0.1, 0.15) is 12.3 Å². The zero-order chi connectivity index (χ0) is 20.6. The monoisotopic (exact) mass is 418 g/mol. The molecule has 8 heteroatoms. The summed E-state index contributed by atoms with van der Waals surface area (Å²) < 4.78 is 5.62. The Hall–Kier alpha value is -1.93. The lowest BCUT2D eigenvalue weighted by atomic mass is 9.97. The molecular formula is C21H34N6OS. The summed E-state index contributed by atoms with van der Waals surface area (Å²) in [5, 5.41) is 10.3. The molecule has 0 spiro atoms. The molecule has 2 aromatic rings. The highest BCUT2D eigenvalue weighted by Crippen LogP contribution is 2.19. The Balaban J connectivity index is 1.42. The van der Waals surface area contributed by atoms with Crippen molar-refractivity contribution < 1.29 is 4.42 Å². The highest BCUT2D eigenvalue weighted by atomic mass is 32.1. The fourth-order valence-electron chi connectivity index (χ4n) is 3.50. The van der Waals surface area contributed by atoms with Gasteiger partial charge in [-0.1, -0.05) is 6.92 Å². The molecule has 1 aliphatic heterocycles. The maximum Gasteiger partial charge on any atom is 0.216 e. The minimum Gasteiger partial charge on any atom is -0.444 e. The molecule has 0 radical (unpaired) electrons. The fourth-order valence-corrected chi connectivity index (χ4v) is 4.23. The number of hydrogen-bond acceptors (Lipinski definition) is 6. The summed E-state index contributed by atoms with van der Waals surface area (Å²) in [6.07, 6.45) is 3.44. The quantitative estimate of drug-likeness (QED) is 0.506. The predicted molar refractivity (Wildman–Crippen MR) is 118 cm³/mol. The van der Waals surface area contributed by atoms with Crippen LogP contribution in [0.5, 0.6) is 0 Å². The Morgan fingerprint density at radius 3 is 2.66 bits per heavy atom. The standard InChI is InChI=1S/C21H34N6OS/c1-5-20-26-18(14-29-20)13-27-9-7-17(8-10-27)11-23-21(22-6-2)24-12-19-25-15(3)16(4)28-19/h14,17H,5-13H2,1-4H3,(H2,22,23,24). The molecule has 0 unspecified atom stereocenters. The predicted octanol–water partition coefficient (Wildman–Crippen LogP) is 3.28. The van der Waals surface area contributed by atoms with E-state index in [1.165, 1.54) is 23.5 Å². The van der Waals surface area contributed by atoms with E-state index in [0.29, 0.717) is 18.4 Å². The van der Waals surface area contributed by atoms with Crippen molar-refractivity contribution in [3.8, 4) is 0 Å². The number of thiazole rings is 1. The highest BCUT2D eigenvalue weighted by molar-refractivity contribution is 7.09. The first kappa shape index (κ1) is 21.8. The third-order valence-electron chi connectivity index (χ3n) is 5.34. The molecule has 1 fully saturated rings. The molecule has 0 atom stereocenters. The number of hydrogen-bond donors (Lipinski definition) is 2. The van der Waals surface area contributed by atoms with Crippen molar-refractivity contribution in [2.45, 2.75) is 60.0 Å². The van der Waals surface area contributed by atoms with E-state index in [1.54, 1.807) is 11.3 Å². The van der Waals surface area contributed by atoms with Gasteiger partial charge in [-0.25, -0.2) is 15.0 Å². The average molecular weight is 419 g/mol. The molecule has 2 N–H and O–H groups in total. The van der Waals surface area contributed by atoms with Gasteiger partial charge in [0.2, 0.25) is 5.89 Å². The van der Waals surface area contributed by atoms with E-state index in [1.807, 2.05) is 13.8 Å². The smallest absolute Gasteiger partial charge is 0.216 e. The molecule has 2 aromatic heterocycles. The zero-order valence-corrected chi connectivity index (χ0v) is 18.9. The first-order chi connectivity index (χ1) is 14.1. The minimum atomic E-state index is 0.454. The maximum atomic E-state index is 5.62. The second kappa shape index (κ2) is 10.7. The first-order valence-electron chi connectivity index (χ1n) is 10.7. The zero-order valence-electron chi connectivity index (χ0n) is 18.1. The molecule has 0 saturated carbocycles. The van der Waals surface area contributed by atoms with Crippen molar-refractivity contribution in [2.24, 2.45) is 10.9 Å². The van der Waals surface area contributed by atoms with E-state index in [4.69, 9.17) is 9.40 Å². The van der Waals surface area contributed by atoms with E-state index in [0.717, 1.165) is 56.6 Å². The van der Waals surface area contributed by atoms with Crippen LogP contribution in [0.1, 0.15) is 54.7 Å². The van der Waals surface area contributed by atoms with Crippen molar-refractivity contribution in [3.63, 3.8) is 0 Å². The van der Waals surface area contributed by atoms with Crippen molar-refractivity contribution in [2.75, 3.05) is 26.2 Å². The molecule has 1 aliphatic rings. The number of aryl methyl sites for hydroxylation is 3. The van der Waals surface area contributed by atoms with Crippen LogP contribution in [0.25, 0.3) is 0 Å². The summed E-state index contributed by atoms with van der Waals surface area (Å²) in [7, 11) is 0. The molecule has 29 heavy (non-hydrogen) atoms. The molecule has 3 rings (SSSR count). The van der Waals surface area contributed by atoms with Gasteiger partial charge in [0, 0.05) is 25.0 Å². The molecule has 7 nitrogen and oxygen atoms in total. The molecular weight excluding hydrogens is 384 g/mol. The average Bonchev–Trinajstić information content (AvgIpc) is 3.31. The summed E-state index contributed by atoms with van der Waals surface area (Å²) in [5.74, 6) is 3.03. The first-order valence-corrected chi connectivity index (χ1v) is 11.6. The van der Waals surface area contributed by atoms with Crippen molar-refractivity contribution in [3.05, 3.63) is 33.4 Å². The molecule has 0 bridgehead atoms. The molecule has 1 saturated heterocycles. The van der Waals surface area contributed by atoms with Crippen LogP contribution in [-0.4, -0.2) is 47.0 Å². The Bertz CT molecular complexity index is 771. The van der Waals surface area contributed by atoms with Crippen molar-refractivity contribution >= 4 is 17.3 Å². The number of aliphatic imine (C=N–C) groups is 1. The minimum absolute atomic E-state index is 0.454. The Morgan fingerprint density at radius 2 is 2.03 bits per heavy atom. The van der Waals surface area contributed by atoms with Gasteiger partial charge in [0.15, 0.2) is 5.96 Å². The van der Waals surface area contributed by atoms with E-state index in [9.17, 15) is 0 Å². The van der Waals surface area contributed by atoms with E-state index >= 15 is 0 Å². The number of nitrogens with zero attached hydrogens (tertiary/aromatic N) is 4. The fraction of sp³-hybridized carbons (Fsp3) is 0.667. The lowest BCUT2D eigenvalue weighted by molar-refractivity contribution is 0.176. The number of likely N-dealkylation sites (tertiary alicyclic amines) is 1. The van der Waals surface area contributed by atoms with Crippen LogP contribution >= 0.6 is 11.3 Å². The third kappa shape index (κ3) is 6.54. The molecule has 0 amide bonds. The van der Waals surface area contributed by atoms with Crippen molar-refractivity contribution in [1.29, 1.82) is 0 Å². The van der Waals surface area contributed by atoms with Crippen LogP contribution < -0.4 is 10.6 Å². The molecule has 0 aliphatic carbocycles. The number of aromatic nitrogens is 2. The van der Waals surface area contributed by atoms with E-state index in [2.05, 4.69) is 44.7 Å². The van der Waals surface area contributed by atoms with Crippen LogP contribution in [0.15, 0.2) is 14.8 Å². The summed E-state index contributed by atoms with van der Waals surface area (Å²) >= 11 is 1.78. The van der Waals surface area contributed by atoms with Crippen LogP contribution in [-0.2, 0) is 19.5 Å². The molecule has 0 aromatic carbocycles. The number of oxazole rings is 1. The van der Waals surface area contributed by atoms with E-state index in [-0.39, 0.29) is 0 Å². The topological polar surface area (TPSA) is 78.6 Å².